The first-order chi connectivity index (χ1) is 11.6. The minimum absolute atomic E-state index is 0.0900. The highest BCUT2D eigenvalue weighted by molar-refractivity contribution is 5.89. The predicted octanol–water partition coefficient (Wildman–Crippen LogP) is 3.65. The summed E-state index contributed by atoms with van der Waals surface area (Å²) >= 11 is 0. The number of nitrogens with one attached hydrogen (secondary N) is 1. The number of hydrogen-bond acceptors (Lipinski definition) is 2. The molecule has 5 heteroatoms. The Morgan fingerprint density at radius 3 is 2.71 bits per heavy atom. The molecule has 2 N–H and O–H groups in total. The average Bonchev–Trinajstić information content (AvgIpc) is 2.96. The number of nitrogens with zero attached hydrogens (tertiary/aromatic N) is 1. The molecular weight excluding hydrogens is 304 g/mol. The lowest BCUT2D eigenvalue weighted by Gasteiger charge is -2.40. The van der Waals surface area contributed by atoms with Gasteiger partial charge in [0.15, 0.2) is 0 Å². The molecular formula is C19H24N2O3. The van der Waals surface area contributed by atoms with Crippen LogP contribution in [-0.4, -0.2) is 32.9 Å². The van der Waals surface area contributed by atoms with E-state index in [9.17, 15) is 14.7 Å². The van der Waals surface area contributed by atoms with Crippen molar-refractivity contribution >= 4 is 22.8 Å². The molecule has 3 rings (SSSR count). The fraction of sp³-hybridized carbons (Fsp3) is 0.474. The Morgan fingerprint density at radius 1 is 1.29 bits per heavy atom. The van der Waals surface area contributed by atoms with Crippen LogP contribution in [0.3, 0.4) is 0 Å². The van der Waals surface area contributed by atoms with E-state index >= 15 is 0 Å². The Bertz CT molecular complexity index is 765. The number of para-hydroxylation sites is 1. The van der Waals surface area contributed by atoms with Crippen molar-refractivity contribution in [3.63, 3.8) is 0 Å². The van der Waals surface area contributed by atoms with Crippen LogP contribution in [0.2, 0.25) is 0 Å². The Kier molecular flexibility index (Phi) is 4.60. The van der Waals surface area contributed by atoms with Crippen molar-refractivity contribution in [2.24, 2.45) is 0 Å². The van der Waals surface area contributed by atoms with Crippen LogP contribution in [0.15, 0.2) is 24.3 Å². The fourth-order valence-corrected chi connectivity index (χ4v) is 3.79. The molecule has 0 bridgehead atoms. The van der Waals surface area contributed by atoms with Gasteiger partial charge in [-0.1, -0.05) is 44.9 Å². The predicted molar refractivity (Wildman–Crippen MR) is 92.8 cm³/mol. The second-order valence-corrected chi connectivity index (χ2v) is 6.43. The number of H-pyrrole nitrogens is 1. The van der Waals surface area contributed by atoms with E-state index in [1.165, 1.54) is 0 Å². The highest BCUT2D eigenvalue weighted by Crippen LogP contribution is 2.40. The molecule has 24 heavy (non-hydrogen) atoms. The number of aliphatic carboxylic acids is 1. The third kappa shape index (κ3) is 2.68. The lowest BCUT2D eigenvalue weighted by Crippen LogP contribution is -2.51. The Hall–Kier alpha value is -2.30. The Labute approximate surface area is 141 Å². The van der Waals surface area contributed by atoms with Crippen molar-refractivity contribution < 1.29 is 14.7 Å². The summed E-state index contributed by atoms with van der Waals surface area (Å²) in [5.74, 6) is -1.01. The van der Waals surface area contributed by atoms with Gasteiger partial charge < -0.3 is 15.0 Å². The molecule has 2 aromatic rings. The van der Waals surface area contributed by atoms with Crippen LogP contribution >= 0.6 is 0 Å². The summed E-state index contributed by atoms with van der Waals surface area (Å²) in [6.07, 6.45) is 3.44. The van der Waals surface area contributed by atoms with Crippen LogP contribution in [0.1, 0.15) is 56.8 Å². The number of hydrogen-bond donors (Lipinski definition) is 2. The van der Waals surface area contributed by atoms with E-state index in [1.807, 2.05) is 24.3 Å². The maximum absolute atomic E-state index is 12.5. The fourth-order valence-electron chi connectivity index (χ4n) is 3.79. The molecule has 0 saturated heterocycles. The van der Waals surface area contributed by atoms with E-state index in [0.29, 0.717) is 12.8 Å². The number of unbranched alkanes of at least 4 members (excludes halogenated alkanes) is 1. The molecule has 1 amide bonds. The summed E-state index contributed by atoms with van der Waals surface area (Å²) < 4.78 is 0. The molecule has 0 spiro atoms. The van der Waals surface area contributed by atoms with Gasteiger partial charge in [-0.3, -0.25) is 4.79 Å². The van der Waals surface area contributed by atoms with Gasteiger partial charge in [-0.15, -0.1) is 0 Å². The molecule has 0 unspecified atom stereocenters. The van der Waals surface area contributed by atoms with Crippen LogP contribution in [0, 0.1) is 0 Å². The lowest BCUT2D eigenvalue weighted by molar-refractivity contribution is -0.153. The average molecular weight is 328 g/mol. The number of aromatic nitrogens is 1. The second-order valence-electron chi connectivity index (χ2n) is 6.43. The van der Waals surface area contributed by atoms with Gasteiger partial charge in [-0.2, -0.15) is 0 Å². The standard InChI is InChI=1S/C19H24N2O3/c1-3-5-10-15-18-13(12-8-6-7-9-14(12)20-18)11-16(19(23)24)21(15)17(22)4-2/h6-9,15-16,20H,3-5,10-11H2,1-2H3,(H,23,24)/t15-,16+/m0/s1. The minimum Gasteiger partial charge on any atom is -0.480 e. The van der Waals surface area contributed by atoms with E-state index in [1.54, 1.807) is 11.8 Å². The molecule has 0 radical (unpaired) electrons. The number of carboxylic acids is 1. The van der Waals surface area contributed by atoms with Crippen molar-refractivity contribution in [2.75, 3.05) is 0 Å². The van der Waals surface area contributed by atoms with Gasteiger partial charge in [0.2, 0.25) is 5.91 Å². The number of amides is 1. The minimum atomic E-state index is -0.922. The van der Waals surface area contributed by atoms with Crippen molar-refractivity contribution in [3.05, 3.63) is 35.5 Å². The zero-order valence-corrected chi connectivity index (χ0v) is 14.2. The van der Waals surface area contributed by atoms with Crippen LogP contribution in [0.5, 0.6) is 0 Å². The molecule has 2 heterocycles. The number of carbonyl (C=O) groups excluding carboxylic acids is 1. The number of fused-ring (bicyclic) bond motifs is 3. The van der Waals surface area contributed by atoms with Crippen molar-refractivity contribution in [1.82, 2.24) is 9.88 Å². The van der Waals surface area contributed by atoms with E-state index in [4.69, 9.17) is 0 Å². The molecule has 128 valence electrons. The number of carboxylic acid groups (broad SMARTS) is 1. The summed E-state index contributed by atoms with van der Waals surface area (Å²) in [6.45, 7) is 3.90. The van der Waals surface area contributed by atoms with Crippen molar-refractivity contribution in [2.45, 2.75) is 58.0 Å². The van der Waals surface area contributed by atoms with Crippen molar-refractivity contribution in [1.29, 1.82) is 0 Å². The van der Waals surface area contributed by atoms with Gasteiger partial charge in [0.05, 0.1) is 6.04 Å². The third-order valence-corrected chi connectivity index (χ3v) is 4.96. The maximum atomic E-state index is 12.5. The molecule has 0 fully saturated rings. The first-order valence-electron chi connectivity index (χ1n) is 8.71. The number of benzene rings is 1. The van der Waals surface area contributed by atoms with E-state index in [2.05, 4.69) is 11.9 Å². The van der Waals surface area contributed by atoms with Crippen molar-refractivity contribution in [3.8, 4) is 0 Å². The monoisotopic (exact) mass is 328 g/mol. The first-order valence-corrected chi connectivity index (χ1v) is 8.71. The molecule has 0 saturated carbocycles. The zero-order valence-electron chi connectivity index (χ0n) is 14.2. The summed E-state index contributed by atoms with van der Waals surface area (Å²) in [4.78, 5) is 29.5. The van der Waals surface area contributed by atoms with Gasteiger partial charge in [0, 0.05) is 29.4 Å². The molecule has 2 atom stereocenters. The van der Waals surface area contributed by atoms with Gasteiger partial charge in [0.1, 0.15) is 6.04 Å². The highest BCUT2D eigenvalue weighted by Gasteiger charge is 2.41. The quantitative estimate of drug-likeness (QED) is 0.880. The van der Waals surface area contributed by atoms with Gasteiger partial charge in [0.25, 0.3) is 0 Å². The zero-order chi connectivity index (χ0) is 17.3. The number of aromatic amines is 1. The summed E-state index contributed by atoms with van der Waals surface area (Å²) in [5.41, 5.74) is 3.09. The third-order valence-electron chi connectivity index (χ3n) is 4.96. The largest absolute Gasteiger partial charge is 0.480 e. The smallest absolute Gasteiger partial charge is 0.326 e. The van der Waals surface area contributed by atoms with Gasteiger partial charge in [-0.05, 0) is 18.1 Å². The first kappa shape index (κ1) is 16.6. The topological polar surface area (TPSA) is 73.4 Å². The molecule has 1 aliphatic heterocycles. The molecule has 1 aromatic heterocycles. The van der Waals surface area contributed by atoms with E-state index in [0.717, 1.165) is 41.4 Å². The summed E-state index contributed by atoms with van der Waals surface area (Å²) in [5, 5.41) is 10.8. The van der Waals surface area contributed by atoms with Gasteiger partial charge >= 0.3 is 5.97 Å². The van der Waals surface area contributed by atoms with Crippen LogP contribution in [-0.2, 0) is 16.0 Å². The number of rotatable bonds is 5. The Morgan fingerprint density at radius 2 is 2.04 bits per heavy atom. The SMILES string of the molecule is CCCC[C@H]1c2[nH]c3ccccc3c2C[C@H](C(=O)O)N1C(=O)CC. The normalized spacial score (nSPS) is 20.2. The molecule has 1 aromatic carbocycles. The van der Waals surface area contributed by atoms with E-state index < -0.39 is 12.0 Å². The lowest BCUT2D eigenvalue weighted by atomic mass is 9.89. The van der Waals surface area contributed by atoms with Crippen LogP contribution < -0.4 is 0 Å². The van der Waals surface area contributed by atoms with Crippen LogP contribution in [0.4, 0.5) is 0 Å². The highest BCUT2D eigenvalue weighted by atomic mass is 16.4. The Balaban J connectivity index is 2.15. The van der Waals surface area contributed by atoms with Gasteiger partial charge in [-0.25, -0.2) is 4.79 Å². The van der Waals surface area contributed by atoms with Crippen LogP contribution in [0.25, 0.3) is 10.9 Å². The molecule has 1 aliphatic rings. The maximum Gasteiger partial charge on any atom is 0.326 e. The summed E-state index contributed by atoms with van der Waals surface area (Å²) in [6, 6.07) is 7.00. The molecule has 0 aliphatic carbocycles. The molecule has 5 nitrogen and oxygen atoms in total. The summed E-state index contributed by atoms with van der Waals surface area (Å²) in [7, 11) is 0. The number of carbonyl (C=O) groups is 2. The second kappa shape index (κ2) is 6.67. The van der Waals surface area contributed by atoms with E-state index in [-0.39, 0.29) is 11.9 Å².